The highest BCUT2D eigenvalue weighted by atomic mass is 16.1. The van der Waals surface area contributed by atoms with E-state index in [1.807, 2.05) is 37.3 Å². The summed E-state index contributed by atoms with van der Waals surface area (Å²) in [4.78, 5) is 19.6. The Hall–Kier alpha value is -2.89. The van der Waals surface area contributed by atoms with Crippen LogP contribution in [-0.4, -0.2) is 22.4 Å². The lowest BCUT2D eigenvalue weighted by atomic mass is 10.2. The van der Waals surface area contributed by atoms with Gasteiger partial charge in [-0.2, -0.15) is 0 Å². The van der Waals surface area contributed by atoms with E-state index in [-0.39, 0.29) is 5.91 Å². The Morgan fingerprint density at radius 3 is 2.45 bits per heavy atom. The van der Waals surface area contributed by atoms with Gasteiger partial charge >= 0.3 is 0 Å². The molecule has 0 fully saturated rings. The summed E-state index contributed by atoms with van der Waals surface area (Å²) in [5, 5.41) is 9.07. The van der Waals surface area contributed by atoms with Gasteiger partial charge in [-0.05, 0) is 31.2 Å². The number of nitrogens with zero attached hydrogens (tertiary/aromatic N) is 2. The van der Waals surface area contributed by atoms with Crippen LogP contribution in [0.2, 0.25) is 0 Å². The Morgan fingerprint density at radius 1 is 1.18 bits per heavy atom. The Kier molecular flexibility index (Phi) is 5.08. The van der Waals surface area contributed by atoms with E-state index < -0.39 is 0 Å². The summed E-state index contributed by atoms with van der Waals surface area (Å²) < 4.78 is 0. The Labute approximate surface area is 129 Å². The molecule has 2 rings (SSSR count). The maximum Gasteiger partial charge on any atom is 0.221 e. The molecule has 0 unspecified atom stereocenters. The Balaban J connectivity index is 2.10. The average Bonchev–Trinajstić information content (AvgIpc) is 2.46. The zero-order chi connectivity index (χ0) is 15.9. The normalized spacial score (nSPS) is 9.91. The fraction of sp³-hybridized carbons (Fsp3) is 0.188. The third-order valence-corrected chi connectivity index (χ3v) is 2.74. The lowest BCUT2D eigenvalue weighted by molar-refractivity contribution is -0.114. The van der Waals surface area contributed by atoms with E-state index in [1.165, 1.54) is 6.92 Å². The van der Waals surface area contributed by atoms with E-state index in [4.69, 9.17) is 0 Å². The van der Waals surface area contributed by atoms with Crippen molar-refractivity contribution in [2.24, 2.45) is 0 Å². The van der Waals surface area contributed by atoms with Gasteiger partial charge < -0.3 is 16.0 Å². The summed E-state index contributed by atoms with van der Waals surface area (Å²) in [5.74, 6) is 2.02. The van der Waals surface area contributed by atoms with Crippen LogP contribution in [0.15, 0.2) is 43.0 Å². The number of nitrogens with one attached hydrogen (secondary N) is 3. The number of aryl methyl sites for hydroxylation is 1. The second-order valence-electron chi connectivity index (χ2n) is 4.74. The summed E-state index contributed by atoms with van der Waals surface area (Å²) in [5.41, 5.74) is 1.63. The smallest absolute Gasteiger partial charge is 0.221 e. The van der Waals surface area contributed by atoms with Crippen molar-refractivity contribution in [3.63, 3.8) is 0 Å². The molecule has 0 spiro atoms. The monoisotopic (exact) mass is 297 g/mol. The molecule has 0 radical (unpaired) electrons. The number of anilines is 4. The molecule has 6 heteroatoms. The van der Waals surface area contributed by atoms with Crippen LogP contribution >= 0.6 is 0 Å². The van der Waals surface area contributed by atoms with Crippen molar-refractivity contribution in [2.75, 3.05) is 22.5 Å². The zero-order valence-electron chi connectivity index (χ0n) is 12.7. The van der Waals surface area contributed by atoms with Crippen LogP contribution in [0.4, 0.5) is 23.0 Å². The van der Waals surface area contributed by atoms with Crippen molar-refractivity contribution in [1.29, 1.82) is 0 Å². The molecule has 1 aromatic carbocycles. The van der Waals surface area contributed by atoms with E-state index in [0.717, 1.165) is 17.2 Å². The summed E-state index contributed by atoms with van der Waals surface area (Å²) >= 11 is 0. The van der Waals surface area contributed by atoms with E-state index in [9.17, 15) is 4.79 Å². The SMILES string of the molecule is C=CCNc1cc(Nc2ccc(NC(C)=O)cc2)nc(C)n1. The molecule has 0 bridgehead atoms. The van der Waals surface area contributed by atoms with E-state index >= 15 is 0 Å². The van der Waals surface area contributed by atoms with Gasteiger partial charge in [0.25, 0.3) is 0 Å². The number of carbonyl (C=O) groups is 1. The van der Waals surface area contributed by atoms with Crippen LogP contribution in [-0.2, 0) is 4.79 Å². The van der Waals surface area contributed by atoms with Gasteiger partial charge in [0.2, 0.25) is 5.91 Å². The number of benzene rings is 1. The molecule has 22 heavy (non-hydrogen) atoms. The molecule has 0 aliphatic heterocycles. The van der Waals surface area contributed by atoms with Gasteiger partial charge in [-0.3, -0.25) is 4.79 Å². The van der Waals surface area contributed by atoms with Crippen LogP contribution in [0, 0.1) is 6.92 Å². The van der Waals surface area contributed by atoms with Crippen molar-refractivity contribution in [2.45, 2.75) is 13.8 Å². The van der Waals surface area contributed by atoms with Gasteiger partial charge in [-0.25, -0.2) is 9.97 Å². The van der Waals surface area contributed by atoms with Crippen LogP contribution < -0.4 is 16.0 Å². The summed E-state index contributed by atoms with van der Waals surface area (Å²) in [6.45, 7) is 7.62. The molecule has 0 saturated carbocycles. The number of carbonyl (C=O) groups excluding carboxylic acids is 1. The Bertz CT molecular complexity index is 667. The summed E-state index contributed by atoms with van der Waals surface area (Å²) in [6.07, 6.45) is 1.77. The minimum absolute atomic E-state index is 0.0925. The average molecular weight is 297 g/mol. The first-order valence-electron chi connectivity index (χ1n) is 6.92. The highest BCUT2D eigenvalue weighted by molar-refractivity contribution is 5.88. The first-order valence-corrected chi connectivity index (χ1v) is 6.92. The molecule has 3 N–H and O–H groups in total. The third-order valence-electron chi connectivity index (χ3n) is 2.74. The summed E-state index contributed by atoms with van der Waals surface area (Å²) in [6, 6.07) is 9.24. The molecular weight excluding hydrogens is 278 g/mol. The topological polar surface area (TPSA) is 78.9 Å². The van der Waals surface area contributed by atoms with E-state index in [2.05, 4.69) is 32.5 Å². The van der Waals surface area contributed by atoms with Crippen molar-refractivity contribution in [3.8, 4) is 0 Å². The molecule has 0 aliphatic carbocycles. The highest BCUT2D eigenvalue weighted by Crippen LogP contribution is 2.19. The predicted octanol–water partition coefficient (Wildman–Crippen LogP) is 3.08. The van der Waals surface area contributed by atoms with Crippen molar-refractivity contribution >= 4 is 28.9 Å². The molecule has 114 valence electrons. The molecule has 2 aromatic rings. The van der Waals surface area contributed by atoms with Crippen LogP contribution in [0.3, 0.4) is 0 Å². The van der Waals surface area contributed by atoms with Crippen LogP contribution in [0.1, 0.15) is 12.7 Å². The molecular formula is C16H19N5O. The van der Waals surface area contributed by atoms with Crippen LogP contribution in [0.5, 0.6) is 0 Å². The molecule has 0 atom stereocenters. The molecule has 0 saturated heterocycles. The molecule has 1 heterocycles. The lowest BCUT2D eigenvalue weighted by Crippen LogP contribution is -2.06. The van der Waals surface area contributed by atoms with Gasteiger partial charge in [0.15, 0.2) is 0 Å². The molecule has 0 aliphatic rings. The van der Waals surface area contributed by atoms with Gasteiger partial charge in [-0.1, -0.05) is 6.08 Å². The number of hydrogen-bond donors (Lipinski definition) is 3. The molecule has 1 amide bonds. The number of aromatic nitrogens is 2. The number of hydrogen-bond acceptors (Lipinski definition) is 5. The highest BCUT2D eigenvalue weighted by Gasteiger charge is 2.02. The fourth-order valence-corrected chi connectivity index (χ4v) is 1.89. The minimum Gasteiger partial charge on any atom is -0.366 e. The van der Waals surface area contributed by atoms with Gasteiger partial charge in [0.1, 0.15) is 17.5 Å². The lowest BCUT2D eigenvalue weighted by Gasteiger charge is -2.10. The second kappa shape index (κ2) is 7.21. The van der Waals surface area contributed by atoms with Crippen molar-refractivity contribution < 1.29 is 4.79 Å². The van der Waals surface area contributed by atoms with Crippen molar-refractivity contribution in [3.05, 3.63) is 48.8 Å². The number of amides is 1. The van der Waals surface area contributed by atoms with Gasteiger partial charge in [-0.15, -0.1) is 6.58 Å². The Morgan fingerprint density at radius 2 is 1.82 bits per heavy atom. The predicted molar refractivity (Wildman–Crippen MR) is 89.5 cm³/mol. The van der Waals surface area contributed by atoms with Crippen molar-refractivity contribution in [1.82, 2.24) is 9.97 Å². The van der Waals surface area contributed by atoms with Crippen LogP contribution in [0.25, 0.3) is 0 Å². The fourth-order valence-electron chi connectivity index (χ4n) is 1.89. The third kappa shape index (κ3) is 4.59. The first-order chi connectivity index (χ1) is 10.6. The number of rotatable bonds is 6. The minimum atomic E-state index is -0.0925. The zero-order valence-corrected chi connectivity index (χ0v) is 12.7. The van der Waals surface area contributed by atoms with E-state index in [1.54, 1.807) is 6.08 Å². The molecule has 6 nitrogen and oxygen atoms in total. The largest absolute Gasteiger partial charge is 0.366 e. The van der Waals surface area contributed by atoms with Gasteiger partial charge in [0, 0.05) is 30.9 Å². The standard InChI is InChI=1S/C16H19N5O/c1-4-9-17-15-10-16(19-11(2)18-15)21-14-7-5-13(6-8-14)20-12(3)22/h4-8,10H,1,9H2,2-3H3,(H,20,22)(H2,17,18,19,21). The second-order valence-corrected chi connectivity index (χ2v) is 4.74. The molecule has 1 aromatic heterocycles. The maximum atomic E-state index is 11.0. The maximum absolute atomic E-state index is 11.0. The van der Waals surface area contributed by atoms with Gasteiger partial charge in [0.05, 0.1) is 0 Å². The van der Waals surface area contributed by atoms with E-state index in [0.29, 0.717) is 18.2 Å². The summed E-state index contributed by atoms with van der Waals surface area (Å²) in [7, 11) is 0. The first kappa shape index (κ1) is 15.5. The quantitative estimate of drug-likeness (QED) is 0.714.